The van der Waals surface area contributed by atoms with E-state index in [0.717, 1.165) is 18.4 Å². The standard InChI is InChI=1S/C24H31ClN2O3/c1-2-3-4-5-6-7-8-9-10-11-19-22(29)21(28)16-20-23(19)30-24(27-26-20)17-12-14-18(25)15-13-17/h12-16,26,28-29H,2-11H2,1H3. The third-order valence-electron chi connectivity index (χ3n) is 5.43. The zero-order valence-electron chi connectivity index (χ0n) is 17.6. The number of fused-ring (bicyclic) bond motifs is 1. The summed E-state index contributed by atoms with van der Waals surface area (Å²) in [4.78, 5) is 0. The quantitative estimate of drug-likeness (QED) is 0.204. The molecule has 0 fully saturated rings. The summed E-state index contributed by atoms with van der Waals surface area (Å²) in [6.07, 6.45) is 11.6. The van der Waals surface area contributed by atoms with Gasteiger partial charge in [0.2, 0.25) is 5.90 Å². The molecule has 0 bridgehead atoms. The Morgan fingerprint density at radius 2 is 1.57 bits per heavy atom. The van der Waals surface area contributed by atoms with Gasteiger partial charge in [-0.3, -0.25) is 5.43 Å². The summed E-state index contributed by atoms with van der Waals surface area (Å²) in [5.41, 5.74) is 4.87. The van der Waals surface area contributed by atoms with Crippen LogP contribution in [0, 0.1) is 0 Å². The zero-order chi connectivity index (χ0) is 21.3. The van der Waals surface area contributed by atoms with E-state index < -0.39 is 0 Å². The summed E-state index contributed by atoms with van der Waals surface area (Å²) in [5, 5.41) is 25.4. The van der Waals surface area contributed by atoms with Gasteiger partial charge in [0.25, 0.3) is 0 Å². The highest BCUT2D eigenvalue weighted by Gasteiger charge is 2.24. The van der Waals surface area contributed by atoms with Gasteiger partial charge in [-0.1, -0.05) is 69.9 Å². The Hall–Kier alpha value is -2.40. The number of nitrogens with one attached hydrogen (secondary N) is 1. The molecular formula is C24H31ClN2O3. The van der Waals surface area contributed by atoms with E-state index >= 15 is 0 Å². The van der Waals surface area contributed by atoms with Crippen molar-refractivity contribution in [1.29, 1.82) is 0 Å². The Balaban J connectivity index is 1.60. The van der Waals surface area contributed by atoms with Crippen LogP contribution in [0.15, 0.2) is 35.4 Å². The van der Waals surface area contributed by atoms with E-state index in [9.17, 15) is 10.2 Å². The number of hydrogen-bond acceptors (Lipinski definition) is 5. The van der Waals surface area contributed by atoms with Crippen LogP contribution in [0.3, 0.4) is 0 Å². The van der Waals surface area contributed by atoms with Crippen LogP contribution in [-0.4, -0.2) is 16.1 Å². The van der Waals surface area contributed by atoms with Crippen LogP contribution < -0.4 is 10.2 Å². The predicted octanol–water partition coefficient (Wildman–Crippen LogP) is 6.99. The number of phenolic OH excluding ortho intramolecular Hbond substituents is 2. The maximum atomic E-state index is 10.5. The highest BCUT2D eigenvalue weighted by molar-refractivity contribution is 6.30. The number of nitrogens with zero attached hydrogens (tertiary/aromatic N) is 1. The molecule has 0 atom stereocenters. The Bertz CT molecular complexity index is 866. The fourth-order valence-corrected chi connectivity index (χ4v) is 3.81. The van der Waals surface area contributed by atoms with E-state index in [0.29, 0.717) is 34.3 Å². The summed E-state index contributed by atoms with van der Waals surface area (Å²) < 4.78 is 6.03. The van der Waals surface area contributed by atoms with Gasteiger partial charge in [-0.15, -0.1) is 5.10 Å². The molecule has 0 saturated heterocycles. The zero-order valence-corrected chi connectivity index (χ0v) is 18.3. The van der Waals surface area contributed by atoms with E-state index in [1.54, 1.807) is 12.1 Å². The molecule has 30 heavy (non-hydrogen) atoms. The summed E-state index contributed by atoms with van der Waals surface area (Å²) in [6, 6.07) is 8.64. The molecule has 2 aromatic carbocycles. The lowest BCUT2D eigenvalue weighted by atomic mass is 10.0. The van der Waals surface area contributed by atoms with Gasteiger partial charge in [-0.25, -0.2) is 0 Å². The molecule has 2 aromatic rings. The Morgan fingerprint density at radius 1 is 0.933 bits per heavy atom. The van der Waals surface area contributed by atoms with E-state index in [2.05, 4.69) is 17.5 Å². The minimum atomic E-state index is -0.166. The first-order chi connectivity index (χ1) is 14.6. The van der Waals surface area contributed by atoms with Crippen LogP contribution in [0.25, 0.3) is 0 Å². The number of ether oxygens (including phenoxy) is 1. The van der Waals surface area contributed by atoms with Crippen LogP contribution in [0.2, 0.25) is 5.02 Å². The van der Waals surface area contributed by atoms with Crippen molar-refractivity contribution >= 4 is 23.2 Å². The number of aromatic hydroxyl groups is 2. The van der Waals surface area contributed by atoms with Gasteiger partial charge in [0.15, 0.2) is 17.2 Å². The molecule has 0 aliphatic carbocycles. The van der Waals surface area contributed by atoms with Crippen molar-refractivity contribution in [3.05, 3.63) is 46.5 Å². The fraction of sp³-hybridized carbons (Fsp3) is 0.458. The number of hydrazone groups is 1. The molecule has 0 spiro atoms. The van der Waals surface area contributed by atoms with Gasteiger partial charge in [-0.2, -0.15) is 0 Å². The summed E-state index contributed by atoms with van der Waals surface area (Å²) in [7, 11) is 0. The lowest BCUT2D eigenvalue weighted by molar-refractivity contribution is 0.393. The van der Waals surface area contributed by atoms with Crippen LogP contribution >= 0.6 is 11.6 Å². The van der Waals surface area contributed by atoms with Gasteiger partial charge in [0.1, 0.15) is 5.69 Å². The third kappa shape index (κ3) is 5.82. The highest BCUT2D eigenvalue weighted by Crippen LogP contribution is 2.44. The second kappa shape index (κ2) is 11.1. The first-order valence-electron chi connectivity index (χ1n) is 11.0. The molecule has 0 amide bonds. The van der Waals surface area contributed by atoms with Crippen LogP contribution in [0.1, 0.15) is 75.8 Å². The highest BCUT2D eigenvalue weighted by atomic mass is 35.5. The first-order valence-corrected chi connectivity index (χ1v) is 11.3. The number of benzene rings is 2. The molecule has 0 aromatic heterocycles. The normalized spacial score (nSPS) is 12.7. The van der Waals surface area contributed by atoms with Crippen molar-refractivity contribution in [3.63, 3.8) is 0 Å². The Labute approximate surface area is 183 Å². The summed E-state index contributed by atoms with van der Waals surface area (Å²) >= 11 is 5.96. The SMILES string of the molecule is CCCCCCCCCCCc1c(O)c(O)cc2c1OC(c1ccc(Cl)cc1)=NN2. The smallest absolute Gasteiger partial charge is 0.243 e. The van der Waals surface area contributed by atoms with E-state index in [-0.39, 0.29) is 11.5 Å². The lowest BCUT2D eigenvalue weighted by Crippen LogP contribution is -2.19. The minimum Gasteiger partial charge on any atom is -0.504 e. The first kappa shape index (κ1) is 22.3. The van der Waals surface area contributed by atoms with Gasteiger partial charge in [-0.05, 0) is 37.1 Å². The number of rotatable bonds is 11. The average molecular weight is 431 g/mol. The molecule has 0 saturated carbocycles. The minimum absolute atomic E-state index is 0.118. The Morgan fingerprint density at radius 3 is 2.23 bits per heavy atom. The molecule has 3 rings (SSSR count). The number of halogens is 1. The maximum absolute atomic E-state index is 10.5. The maximum Gasteiger partial charge on any atom is 0.243 e. The molecule has 5 nitrogen and oxygen atoms in total. The number of hydrogen-bond donors (Lipinski definition) is 3. The molecule has 1 aliphatic heterocycles. The van der Waals surface area contributed by atoms with Gasteiger partial charge >= 0.3 is 0 Å². The van der Waals surface area contributed by atoms with Crippen molar-refractivity contribution < 1.29 is 14.9 Å². The second-order valence-electron chi connectivity index (χ2n) is 7.82. The number of phenols is 2. The van der Waals surface area contributed by atoms with E-state index in [4.69, 9.17) is 16.3 Å². The summed E-state index contributed by atoms with van der Waals surface area (Å²) in [5.74, 6) is 0.635. The fourth-order valence-electron chi connectivity index (χ4n) is 3.69. The molecular weight excluding hydrogens is 400 g/mol. The largest absolute Gasteiger partial charge is 0.504 e. The van der Waals surface area contributed by atoms with Crippen LogP contribution in [0.5, 0.6) is 17.2 Å². The molecule has 3 N–H and O–H groups in total. The van der Waals surface area contributed by atoms with Crippen molar-refractivity contribution in [2.45, 2.75) is 71.1 Å². The molecule has 6 heteroatoms. The van der Waals surface area contributed by atoms with Crippen molar-refractivity contribution in [2.75, 3.05) is 5.43 Å². The molecule has 0 unspecified atom stereocenters. The molecule has 1 aliphatic rings. The number of anilines is 1. The van der Waals surface area contributed by atoms with Gasteiger partial charge < -0.3 is 14.9 Å². The van der Waals surface area contributed by atoms with Crippen LogP contribution in [-0.2, 0) is 6.42 Å². The van der Waals surface area contributed by atoms with Crippen molar-refractivity contribution in [1.82, 2.24) is 0 Å². The van der Waals surface area contributed by atoms with Gasteiger partial charge in [0.05, 0.1) is 0 Å². The van der Waals surface area contributed by atoms with Crippen molar-refractivity contribution in [2.24, 2.45) is 5.10 Å². The average Bonchev–Trinajstić information content (AvgIpc) is 2.75. The summed E-state index contributed by atoms with van der Waals surface area (Å²) in [6.45, 7) is 2.24. The van der Waals surface area contributed by atoms with Crippen molar-refractivity contribution in [3.8, 4) is 17.2 Å². The topological polar surface area (TPSA) is 74.1 Å². The third-order valence-corrected chi connectivity index (χ3v) is 5.68. The number of unbranched alkanes of at least 4 members (excludes halogenated alkanes) is 8. The lowest BCUT2D eigenvalue weighted by Gasteiger charge is -2.22. The molecule has 1 heterocycles. The van der Waals surface area contributed by atoms with Gasteiger partial charge in [0, 0.05) is 22.2 Å². The molecule has 162 valence electrons. The van der Waals surface area contributed by atoms with E-state index in [1.165, 1.54) is 51.0 Å². The monoisotopic (exact) mass is 430 g/mol. The Kier molecular flexibility index (Phi) is 8.26. The van der Waals surface area contributed by atoms with Crippen LogP contribution in [0.4, 0.5) is 5.69 Å². The molecule has 0 radical (unpaired) electrons. The second-order valence-corrected chi connectivity index (χ2v) is 8.25. The predicted molar refractivity (Wildman–Crippen MR) is 123 cm³/mol. The van der Waals surface area contributed by atoms with E-state index in [1.807, 2.05) is 12.1 Å².